The molecule has 4 nitrogen and oxygen atoms in total. The van der Waals surface area contributed by atoms with Gasteiger partial charge in [-0.25, -0.2) is 0 Å². The SMILES string of the molecule is CC1C(=O)CCC(=O)C1C.CC1C(=O)c2ccccc2C(=O)C1C. The third-order valence-electron chi connectivity index (χ3n) is 5.42. The highest BCUT2D eigenvalue weighted by molar-refractivity contribution is 6.15. The number of carbonyl (C=O) groups is 4. The van der Waals surface area contributed by atoms with Gasteiger partial charge in [-0.1, -0.05) is 52.0 Å². The maximum absolute atomic E-state index is 11.8. The summed E-state index contributed by atoms with van der Waals surface area (Å²) in [6.45, 7) is 7.32. The molecule has 0 aliphatic heterocycles. The van der Waals surface area contributed by atoms with E-state index in [9.17, 15) is 19.2 Å². The fourth-order valence-corrected chi connectivity index (χ4v) is 3.12. The van der Waals surface area contributed by atoms with Crippen molar-refractivity contribution in [3.63, 3.8) is 0 Å². The van der Waals surface area contributed by atoms with E-state index in [1.54, 1.807) is 24.3 Å². The second-order valence-corrected chi connectivity index (χ2v) is 6.86. The number of benzene rings is 1. The summed E-state index contributed by atoms with van der Waals surface area (Å²) in [5.74, 6) is 0.219. The molecule has 0 amide bonds. The van der Waals surface area contributed by atoms with E-state index in [1.165, 1.54) is 0 Å². The molecule has 0 heterocycles. The van der Waals surface area contributed by atoms with E-state index in [2.05, 4.69) is 0 Å². The van der Waals surface area contributed by atoms with Crippen molar-refractivity contribution in [2.45, 2.75) is 40.5 Å². The molecule has 0 aromatic heterocycles. The van der Waals surface area contributed by atoms with E-state index in [-0.39, 0.29) is 46.8 Å². The highest BCUT2D eigenvalue weighted by Gasteiger charge is 2.35. The molecule has 0 N–H and O–H groups in total. The third-order valence-corrected chi connectivity index (χ3v) is 5.42. The number of rotatable bonds is 0. The first-order valence-electron chi connectivity index (χ1n) is 8.48. The lowest BCUT2D eigenvalue weighted by Crippen LogP contribution is -2.32. The van der Waals surface area contributed by atoms with E-state index < -0.39 is 0 Å². The Balaban J connectivity index is 0.000000185. The van der Waals surface area contributed by atoms with Gasteiger partial charge in [0.05, 0.1) is 0 Å². The standard InChI is InChI=1S/C12H12O2.C8H12O2/c1-7-8(2)12(14)10-6-4-3-5-9(10)11(7)13;1-5-6(2)8(10)4-3-7(5)9/h3-8H,1-2H3;5-6H,3-4H2,1-2H3. The number of Topliss-reactive ketones (excluding diaryl/α,β-unsaturated/α-hetero) is 4. The lowest BCUT2D eigenvalue weighted by Gasteiger charge is -2.24. The zero-order chi connectivity index (χ0) is 18.0. The summed E-state index contributed by atoms with van der Waals surface area (Å²) in [4.78, 5) is 45.6. The second kappa shape index (κ2) is 7.20. The molecule has 3 rings (SSSR count). The summed E-state index contributed by atoms with van der Waals surface area (Å²) in [6, 6.07) is 7.06. The highest BCUT2D eigenvalue weighted by Crippen LogP contribution is 2.29. The van der Waals surface area contributed by atoms with Gasteiger partial charge in [0.25, 0.3) is 0 Å². The third kappa shape index (κ3) is 3.37. The van der Waals surface area contributed by atoms with Crippen molar-refractivity contribution in [2.24, 2.45) is 23.7 Å². The van der Waals surface area contributed by atoms with Crippen LogP contribution in [0.5, 0.6) is 0 Å². The topological polar surface area (TPSA) is 68.3 Å². The smallest absolute Gasteiger partial charge is 0.167 e. The van der Waals surface area contributed by atoms with Gasteiger partial charge in [-0.15, -0.1) is 0 Å². The van der Waals surface area contributed by atoms with Crippen molar-refractivity contribution >= 4 is 23.1 Å². The average molecular weight is 328 g/mol. The van der Waals surface area contributed by atoms with E-state index in [0.717, 1.165) is 0 Å². The van der Waals surface area contributed by atoms with Crippen molar-refractivity contribution < 1.29 is 19.2 Å². The Labute approximate surface area is 142 Å². The maximum Gasteiger partial charge on any atom is 0.167 e. The maximum atomic E-state index is 11.8. The molecule has 24 heavy (non-hydrogen) atoms. The van der Waals surface area contributed by atoms with Crippen LogP contribution in [-0.2, 0) is 9.59 Å². The molecule has 1 fully saturated rings. The lowest BCUT2D eigenvalue weighted by molar-refractivity contribution is -0.136. The van der Waals surface area contributed by atoms with Crippen LogP contribution < -0.4 is 0 Å². The normalized spacial score (nSPS) is 29.7. The molecule has 1 saturated carbocycles. The van der Waals surface area contributed by atoms with Gasteiger partial charge in [0.15, 0.2) is 11.6 Å². The van der Waals surface area contributed by atoms with Crippen LogP contribution in [0.15, 0.2) is 24.3 Å². The largest absolute Gasteiger partial charge is 0.299 e. The van der Waals surface area contributed by atoms with Crippen molar-refractivity contribution in [1.29, 1.82) is 0 Å². The molecule has 0 saturated heterocycles. The molecule has 2 aliphatic carbocycles. The fraction of sp³-hybridized carbons (Fsp3) is 0.500. The average Bonchev–Trinajstić information content (AvgIpc) is 2.60. The Morgan fingerprint density at radius 1 is 0.625 bits per heavy atom. The Hall–Kier alpha value is -2.10. The van der Waals surface area contributed by atoms with Crippen LogP contribution in [0, 0.1) is 23.7 Å². The molecular formula is C20H24O4. The van der Waals surface area contributed by atoms with Crippen LogP contribution in [0.2, 0.25) is 0 Å². The van der Waals surface area contributed by atoms with Gasteiger partial charge in [-0.2, -0.15) is 0 Å². The molecule has 4 heteroatoms. The predicted octanol–water partition coefficient (Wildman–Crippen LogP) is 3.53. The molecule has 4 unspecified atom stereocenters. The quantitative estimate of drug-likeness (QED) is 0.730. The molecule has 0 spiro atoms. The predicted molar refractivity (Wildman–Crippen MR) is 91.0 cm³/mol. The van der Waals surface area contributed by atoms with Gasteiger partial charge in [-0.3, -0.25) is 19.2 Å². The van der Waals surface area contributed by atoms with Crippen LogP contribution in [0.4, 0.5) is 0 Å². The lowest BCUT2D eigenvalue weighted by atomic mass is 9.76. The Bertz CT molecular complexity index is 630. The van der Waals surface area contributed by atoms with Crippen molar-refractivity contribution in [3.8, 4) is 0 Å². The Kier molecular flexibility index (Phi) is 5.47. The number of ketones is 4. The van der Waals surface area contributed by atoms with Crippen LogP contribution in [0.3, 0.4) is 0 Å². The summed E-state index contributed by atoms with van der Waals surface area (Å²) < 4.78 is 0. The van der Waals surface area contributed by atoms with Gasteiger partial charge in [0.2, 0.25) is 0 Å². The first kappa shape index (κ1) is 18.2. The highest BCUT2D eigenvalue weighted by atomic mass is 16.1. The summed E-state index contributed by atoms with van der Waals surface area (Å²) in [6.07, 6.45) is 0.925. The summed E-state index contributed by atoms with van der Waals surface area (Å²) >= 11 is 0. The van der Waals surface area contributed by atoms with Crippen LogP contribution in [0.1, 0.15) is 61.3 Å². The van der Waals surface area contributed by atoms with E-state index >= 15 is 0 Å². The van der Waals surface area contributed by atoms with Gasteiger partial charge in [-0.05, 0) is 0 Å². The van der Waals surface area contributed by atoms with Crippen LogP contribution in [-0.4, -0.2) is 23.1 Å². The minimum absolute atomic E-state index is 0.0405. The van der Waals surface area contributed by atoms with E-state index in [0.29, 0.717) is 24.0 Å². The molecule has 1 aromatic rings. The van der Waals surface area contributed by atoms with Crippen LogP contribution in [0.25, 0.3) is 0 Å². The first-order chi connectivity index (χ1) is 11.3. The Morgan fingerprint density at radius 2 is 0.958 bits per heavy atom. The van der Waals surface area contributed by atoms with E-state index in [4.69, 9.17) is 0 Å². The van der Waals surface area contributed by atoms with Gasteiger partial charge < -0.3 is 0 Å². The monoisotopic (exact) mass is 328 g/mol. The van der Waals surface area contributed by atoms with Crippen molar-refractivity contribution in [2.75, 3.05) is 0 Å². The first-order valence-corrected chi connectivity index (χ1v) is 8.48. The molecule has 128 valence electrons. The van der Waals surface area contributed by atoms with Crippen LogP contribution >= 0.6 is 0 Å². The van der Waals surface area contributed by atoms with Crippen molar-refractivity contribution in [3.05, 3.63) is 35.4 Å². The number of hydrogen-bond acceptors (Lipinski definition) is 4. The van der Waals surface area contributed by atoms with Crippen molar-refractivity contribution in [1.82, 2.24) is 0 Å². The van der Waals surface area contributed by atoms with Gasteiger partial charge >= 0.3 is 0 Å². The van der Waals surface area contributed by atoms with E-state index in [1.807, 2.05) is 27.7 Å². The summed E-state index contributed by atoms with van der Waals surface area (Å²) in [7, 11) is 0. The number of carbonyl (C=O) groups excluding carboxylic acids is 4. The Morgan fingerprint density at radius 3 is 1.29 bits per heavy atom. The minimum atomic E-state index is -0.183. The van der Waals surface area contributed by atoms with Gasteiger partial charge in [0, 0.05) is 47.6 Å². The molecule has 1 aromatic carbocycles. The zero-order valence-electron chi connectivity index (χ0n) is 14.7. The summed E-state index contributed by atoms with van der Waals surface area (Å²) in [5.41, 5.74) is 1.17. The minimum Gasteiger partial charge on any atom is -0.299 e. The number of hydrogen-bond donors (Lipinski definition) is 0. The molecular weight excluding hydrogens is 304 g/mol. The molecule has 0 radical (unpaired) electrons. The second-order valence-electron chi connectivity index (χ2n) is 6.86. The number of fused-ring (bicyclic) bond motifs is 1. The summed E-state index contributed by atoms with van der Waals surface area (Å²) in [5, 5.41) is 0. The zero-order valence-corrected chi connectivity index (χ0v) is 14.7. The molecule has 4 atom stereocenters. The molecule has 2 aliphatic rings. The molecule has 0 bridgehead atoms. The van der Waals surface area contributed by atoms with Gasteiger partial charge in [0.1, 0.15) is 11.6 Å². The fourth-order valence-electron chi connectivity index (χ4n) is 3.12.